The molecule has 2 N–H and O–H groups in total. The molecule has 2 saturated heterocycles. The van der Waals surface area contributed by atoms with Crippen LogP contribution >= 0.6 is 12.4 Å². The Balaban J connectivity index is 0.00000300. The maximum Gasteiger partial charge on any atom is 0.225 e. The number of carbonyl (C=O) groups excluding carboxylic acids is 2. The minimum atomic E-state index is -0.0384. The molecule has 0 saturated carbocycles. The molecule has 2 amide bonds. The molecule has 0 bridgehead atoms. The van der Waals surface area contributed by atoms with Crippen molar-refractivity contribution in [1.29, 1.82) is 0 Å². The van der Waals surface area contributed by atoms with Crippen LogP contribution < -0.4 is 10.5 Å². The molecule has 1 unspecified atom stereocenters. The average Bonchev–Trinajstić information content (AvgIpc) is 2.70. The molecule has 0 aromatic heterocycles. The highest BCUT2D eigenvalue weighted by Gasteiger charge is 2.38. The van der Waals surface area contributed by atoms with Gasteiger partial charge < -0.3 is 20.3 Å². The fraction of sp³-hybridized carbons (Fsp3) is 0.636. The van der Waals surface area contributed by atoms with Crippen molar-refractivity contribution in [2.75, 3.05) is 32.8 Å². The van der Waals surface area contributed by atoms with Crippen LogP contribution in [0, 0.1) is 11.3 Å². The fourth-order valence-corrected chi connectivity index (χ4v) is 4.13. The number of likely N-dealkylation sites (tertiary alicyclic amines) is 2. The minimum Gasteiger partial charge on any atom is -0.493 e. The first-order valence-corrected chi connectivity index (χ1v) is 10.4. The maximum atomic E-state index is 12.9. The van der Waals surface area contributed by atoms with E-state index >= 15 is 0 Å². The summed E-state index contributed by atoms with van der Waals surface area (Å²) in [5.74, 6) is 1.14. The fourth-order valence-electron chi connectivity index (χ4n) is 4.13. The summed E-state index contributed by atoms with van der Waals surface area (Å²) in [5, 5.41) is 0. The predicted octanol–water partition coefficient (Wildman–Crippen LogP) is 2.70. The van der Waals surface area contributed by atoms with Crippen LogP contribution in [0.4, 0.5) is 0 Å². The molecule has 1 atom stereocenters. The number of para-hydroxylation sites is 1. The lowest BCUT2D eigenvalue weighted by Gasteiger charge is -2.44. The lowest BCUT2D eigenvalue weighted by molar-refractivity contribution is -0.143. The SMILES string of the molecule is CC1(C)CN(C(=O)C2CCN(C(=O)CCOc3ccccc3)CC2)CCC1N.Cl. The number of nitrogens with zero attached hydrogens (tertiary/aromatic N) is 2. The van der Waals surface area contributed by atoms with Crippen molar-refractivity contribution in [1.82, 2.24) is 9.80 Å². The van der Waals surface area contributed by atoms with Crippen molar-refractivity contribution >= 4 is 24.2 Å². The van der Waals surface area contributed by atoms with Crippen LogP contribution in [0.5, 0.6) is 5.75 Å². The van der Waals surface area contributed by atoms with E-state index in [4.69, 9.17) is 10.5 Å². The number of amides is 2. The van der Waals surface area contributed by atoms with E-state index < -0.39 is 0 Å². The van der Waals surface area contributed by atoms with Gasteiger partial charge in [0.05, 0.1) is 13.0 Å². The van der Waals surface area contributed by atoms with Gasteiger partial charge in [0.15, 0.2) is 0 Å². The number of hydrogen-bond acceptors (Lipinski definition) is 4. The van der Waals surface area contributed by atoms with E-state index in [1.807, 2.05) is 40.1 Å². The molecule has 3 rings (SSSR count). The summed E-state index contributed by atoms with van der Waals surface area (Å²) in [4.78, 5) is 29.2. The van der Waals surface area contributed by atoms with Crippen LogP contribution in [0.15, 0.2) is 30.3 Å². The standard InChI is InChI=1S/C22H33N3O3.ClH/c1-22(2)16-25(14-10-19(22)23)21(27)17-8-12-24(13-9-17)20(26)11-15-28-18-6-4-3-5-7-18;/h3-7,17,19H,8-16,23H2,1-2H3;1H. The highest BCUT2D eigenvalue weighted by molar-refractivity contribution is 5.85. The van der Waals surface area contributed by atoms with Crippen LogP contribution in [0.25, 0.3) is 0 Å². The Kier molecular flexibility index (Phi) is 8.34. The van der Waals surface area contributed by atoms with Crippen LogP contribution in [0.3, 0.4) is 0 Å². The number of rotatable bonds is 5. The molecule has 29 heavy (non-hydrogen) atoms. The zero-order valence-electron chi connectivity index (χ0n) is 17.5. The van der Waals surface area contributed by atoms with Crippen molar-refractivity contribution in [3.8, 4) is 5.75 Å². The van der Waals surface area contributed by atoms with E-state index in [1.165, 1.54) is 0 Å². The van der Waals surface area contributed by atoms with Gasteiger partial charge in [0, 0.05) is 38.1 Å². The molecule has 0 radical (unpaired) electrons. The second kappa shape index (κ2) is 10.3. The van der Waals surface area contributed by atoms with E-state index in [1.54, 1.807) is 0 Å². The lowest BCUT2D eigenvalue weighted by Crippen LogP contribution is -2.55. The molecule has 2 aliphatic rings. The smallest absolute Gasteiger partial charge is 0.225 e. The monoisotopic (exact) mass is 423 g/mol. The third-order valence-electron chi connectivity index (χ3n) is 6.15. The first kappa shape index (κ1) is 23.5. The molecule has 162 valence electrons. The molecule has 1 aromatic rings. The van der Waals surface area contributed by atoms with Crippen LogP contribution in [-0.4, -0.2) is 60.4 Å². The molecular weight excluding hydrogens is 390 g/mol. The van der Waals surface area contributed by atoms with Gasteiger partial charge in [-0.2, -0.15) is 0 Å². The van der Waals surface area contributed by atoms with Gasteiger partial charge >= 0.3 is 0 Å². The Morgan fingerprint density at radius 3 is 2.31 bits per heavy atom. The number of nitrogens with two attached hydrogens (primary N) is 1. The highest BCUT2D eigenvalue weighted by atomic mass is 35.5. The Hall–Kier alpha value is -1.79. The Bertz CT molecular complexity index is 675. The number of halogens is 1. The first-order chi connectivity index (χ1) is 13.4. The van der Waals surface area contributed by atoms with Crippen molar-refractivity contribution in [3.05, 3.63) is 30.3 Å². The molecule has 6 nitrogen and oxygen atoms in total. The highest BCUT2D eigenvalue weighted by Crippen LogP contribution is 2.30. The van der Waals surface area contributed by atoms with E-state index in [0.717, 1.165) is 38.1 Å². The van der Waals surface area contributed by atoms with Gasteiger partial charge in [-0.05, 0) is 36.8 Å². The maximum absolute atomic E-state index is 12.9. The summed E-state index contributed by atoms with van der Waals surface area (Å²) in [7, 11) is 0. The van der Waals surface area contributed by atoms with Crippen molar-refractivity contribution in [2.45, 2.75) is 45.6 Å². The Morgan fingerprint density at radius 1 is 1.07 bits per heavy atom. The zero-order valence-corrected chi connectivity index (χ0v) is 18.3. The van der Waals surface area contributed by atoms with Crippen LogP contribution in [-0.2, 0) is 9.59 Å². The minimum absolute atomic E-state index is 0. The molecule has 1 aromatic carbocycles. The normalized spacial score (nSPS) is 22.0. The van der Waals surface area contributed by atoms with Gasteiger partial charge in [-0.3, -0.25) is 9.59 Å². The largest absolute Gasteiger partial charge is 0.493 e. The zero-order chi connectivity index (χ0) is 20.1. The van der Waals surface area contributed by atoms with Gasteiger partial charge in [0.25, 0.3) is 0 Å². The average molecular weight is 424 g/mol. The lowest BCUT2D eigenvalue weighted by atomic mass is 9.79. The third kappa shape index (κ3) is 6.09. The van der Waals surface area contributed by atoms with Gasteiger partial charge in [-0.15, -0.1) is 12.4 Å². The van der Waals surface area contributed by atoms with E-state index in [-0.39, 0.29) is 41.6 Å². The number of hydrogen-bond donors (Lipinski definition) is 1. The number of piperidine rings is 2. The number of ether oxygens (including phenoxy) is 1. The van der Waals surface area contributed by atoms with Crippen LogP contribution in [0.1, 0.15) is 39.5 Å². The second-order valence-corrected chi connectivity index (χ2v) is 8.71. The molecule has 0 aliphatic carbocycles. The quantitative estimate of drug-likeness (QED) is 0.789. The van der Waals surface area contributed by atoms with Gasteiger partial charge in [0.2, 0.25) is 11.8 Å². The summed E-state index contributed by atoms with van der Waals surface area (Å²) >= 11 is 0. The summed E-state index contributed by atoms with van der Waals surface area (Å²) in [6, 6.07) is 9.68. The molecular formula is C22H34ClN3O3. The summed E-state index contributed by atoms with van der Waals surface area (Å²) in [6.07, 6.45) is 2.71. The summed E-state index contributed by atoms with van der Waals surface area (Å²) in [5.41, 5.74) is 6.15. The van der Waals surface area contributed by atoms with Gasteiger partial charge in [0.1, 0.15) is 5.75 Å². The van der Waals surface area contributed by atoms with Gasteiger partial charge in [-0.1, -0.05) is 32.0 Å². The van der Waals surface area contributed by atoms with Gasteiger partial charge in [-0.25, -0.2) is 0 Å². The van der Waals surface area contributed by atoms with Crippen LogP contribution in [0.2, 0.25) is 0 Å². The van der Waals surface area contributed by atoms with Crippen molar-refractivity contribution < 1.29 is 14.3 Å². The van der Waals surface area contributed by atoms with Crippen molar-refractivity contribution in [2.24, 2.45) is 17.1 Å². The number of benzene rings is 1. The second-order valence-electron chi connectivity index (χ2n) is 8.71. The predicted molar refractivity (Wildman–Crippen MR) is 116 cm³/mol. The third-order valence-corrected chi connectivity index (χ3v) is 6.15. The molecule has 2 fully saturated rings. The van der Waals surface area contributed by atoms with E-state index in [0.29, 0.717) is 26.1 Å². The summed E-state index contributed by atoms with van der Waals surface area (Å²) < 4.78 is 5.62. The Morgan fingerprint density at radius 2 is 1.69 bits per heavy atom. The first-order valence-electron chi connectivity index (χ1n) is 10.4. The molecule has 2 aliphatic heterocycles. The summed E-state index contributed by atoms with van der Waals surface area (Å²) in [6.45, 7) is 7.42. The van der Waals surface area contributed by atoms with Crippen molar-refractivity contribution in [3.63, 3.8) is 0 Å². The molecule has 2 heterocycles. The molecule has 7 heteroatoms. The van der Waals surface area contributed by atoms with E-state index in [9.17, 15) is 9.59 Å². The molecule has 0 spiro atoms. The number of carbonyl (C=O) groups is 2. The topological polar surface area (TPSA) is 75.9 Å². The van der Waals surface area contributed by atoms with E-state index in [2.05, 4.69) is 13.8 Å². The Labute approximate surface area is 180 Å².